The number of allylic oxidation sites excluding steroid dienone is 2. The summed E-state index contributed by atoms with van der Waals surface area (Å²) >= 11 is 0. The van der Waals surface area contributed by atoms with E-state index in [-0.39, 0.29) is 0 Å². The highest BCUT2D eigenvalue weighted by molar-refractivity contribution is 5.38. The number of ether oxygens (including phenoxy) is 1. The van der Waals surface area contributed by atoms with E-state index in [1.54, 1.807) is 0 Å². The molecule has 0 heterocycles. The first-order valence-corrected chi connectivity index (χ1v) is 5.76. The van der Waals surface area contributed by atoms with Gasteiger partial charge in [-0.2, -0.15) is 0 Å². The fourth-order valence-electron chi connectivity index (χ4n) is 1.23. The molecular formula is C15H18O. The molecule has 0 fully saturated rings. The van der Waals surface area contributed by atoms with Crippen LogP contribution in [0.25, 0.3) is 0 Å². The molecule has 0 aliphatic carbocycles. The maximum absolute atomic E-state index is 5.45. The number of hydrogen-bond acceptors (Lipinski definition) is 1. The predicted octanol–water partition coefficient (Wildman–Crippen LogP) is 3.76. The number of rotatable bonds is 4. The van der Waals surface area contributed by atoms with Gasteiger partial charge in [-0.3, -0.25) is 0 Å². The van der Waals surface area contributed by atoms with Gasteiger partial charge >= 0.3 is 0 Å². The van der Waals surface area contributed by atoms with Crippen LogP contribution in [-0.2, 0) is 4.74 Å². The maximum atomic E-state index is 5.45. The van der Waals surface area contributed by atoms with Gasteiger partial charge in [0.15, 0.2) is 5.76 Å². The second kappa shape index (κ2) is 7.59. The van der Waals surface area contributed by atoms with Crippen molar-refractivity contribution in [2.45, 2.75) is 26.7 Å². The van der Waals surface area contributed by atoms with Crippen LogP contribution in [-0.4, -0.2) is 6.61 Å². The Morgan fingerprint density at radius 1 is 1.25 bits per heavy atom. The van der Waals surface area contributed by atoms with Crippen LogP contribution in [0.5, 0.6) is 0 Å². The standard InChI is InChI=1S/C15H18O/c1-3-5-11-15(16-4-2)13-12-14-9-7-6-8-10-14/h6-11H,3-5H2,1-2H3. The average Bonchev–Trinajstić information content (AvgIpc) is 2.34. The normalized spacial score (nSPS) is 10.5. The van der Waals surface area contributed by atoms with E-state index < -0.39 is 0 Å². The van der Waals surface area contributed by atoms with Crippen molar-refractivity contribution in [1.82, 2.24) is 0 Å². The molecule has 1 heteroatoms. The van der Waals surface area contributed by atoms with E-state index in [9.17, 15) is 0 Å². The van der Waals surface area contributed by atoms with Crippen molar-refractivity contribution in [3.8, 4) is 11.8 Å². The second-order valence-electron chi connectivity index (χ2n) is 3.41. The van der Waals surface area contributed by atoms with E-state index in [0.717, 1.165) is 24.2 Å². The predicted molar refractivity (Wildman–Crippen MR) is 67.9 cm³/mol. The fourth-order valence-corrected chi connectivity index (χ4v) is 1.23. The lowest BCUT2D eigenvalue weighted by molar-refractivity contribution is 0.245. The van der Waals surface area contributed by atoms with Crippen LogP contribution in [0.15, 0.2) is 42.2 Å². The van der Waals surface area contributed by atoms with Gasteiger partial charge in [0.25, 0.3) is 0 Å². The van der Waals surface area contributed by atoms with Gasteiger partial charge in [-0.05, 0) is 37.5 Å². The van der Waals surface area contributed by atoms with Crippen molar-refractivity contribution >= 4 is 0 Å². The van der Waals surface area contributed by atoms with E-state index in [4.69, 9.17) is 4.74 Å². The summed E-state index contributed by atoms with van der Waals surface area (Å²) in [5.41, 5.74) is 1.02. The van der Waals surface area contributed by atoms with Crippen LogP contribution < -0.4 is 0 Å². The highest BCUT2D eigenvalue weighted by atomic mass is 16.5. The van der Waals surface area contributed by atoms with Gasteiger partial charge in [0.1, 0.15) is 0 Å². The van der Waals surface area contributed by atoms with E-state index >= 15 is 0 Å². The van der Waals surface area contributed by atoms with E-state index in [1.165, 1.54) is 0 Å². The summed E-state index contributed by atoms with van der Waals surface area (Å²) in [6.07, 6.45) is 4.18. The molecule has 0 saturated heterocycles. The van der Waals surface area contributed by atoms with Crippen LogP contribution in [0.2, 0.25) is 0 Å². The molecule has 0 amide bonds. The van der Waals surface area contributed by atoms with Gasteiger partial charge in [-0.15, -0.1) is 0 Å². The molecule has 1 nitrogen and oxygen atoms in total. The number of unbranched alkanes of at least 4 members (excludes halogenated alkanes) is 1. The first-order valence-electron chi connectivity index (χ1n) is 5.76. The SMILES string of the molecule is CCCC=C(C#Cc1ccccc1)OCC. The molecule has 16 heavy (non-hydrogen) atoms. The van der Waals surface area contributed by atoms with Crippen LogP contribution in [0.1, 0.15) is 32.3 Å². The Morgan fingerprint density at radius 2 is 2.00 bits per heavy atom. The molecule has 1 aromatic carbocycles. The summed E-state index contributed by atoms with van der Waals surface area (Å²) in [5, 5.41) is 0. The molecule has 0 saturated carbocycles. The number of benzene rings is 1. The highest BCUT2D eigenvalue weighted by Crippen LogP contribution is 2.01. The largest absolute Gasteiger partial charge is 0.486 e. The van der Waals surface area contributed by atoms with E-state index in [2.05, 4.69) is 24.8 Å². The van der Waals surface area contributed by atoms with Gasteiger partial charge < -0.3 is 4.74 Å². The van der Waals surface area contributed by atoms with Crippen molar-refractivity contribution in [2.75, 3.05) is 6.61 Å². The first-order chi connectivity index (χ1) is 7.86. The van der Waals surface area contributed by atoms with E-state index in [1.807, 2.05) is 37.3 Å². The van der Waals surface area contributed by atoms with Gasteiger partial charge in [0.05, 0.1) is 6.61 Å². The van der Waals surface area contributed by atoms with Crippen LogP contribution in [0, 0.1) is 11.8 Å². The monoisotopic (exact) mass is 214 g/mol. The Labute approximate surface area is 98.1 Å². The molecule has 0 radical (unpaired) electrons. The van der Waals surface area contributed by atoms with Crippen molar-refractivity contribution in [3.63, 3.8) is 0 Å². The third-order valence-corrected chi connectivity index (χ3v) is 2.02. The van der Waals surface area contributed by atoms with Crippen molar-refractivity contribution < 1.29 is 4.74 Å². The maximum Gasteiger partial charge on any atom is 0.166 e. The molecule has 0 aromatic heterocycles. The minimum Gasteiger partial charge on any atom is -0.486 e. The lowest BCUT2D eigenvalue weighted by Gasteiger charge is -2.00. The smallest absolute Gasteiger partial charge is 0.166 e. The topological polar surface area (TPSA) is 9.23 Å². The zero-order chi connectivity index (χ0) is 11.6. The lowest BCUT2D eigenvalue weighted by Crippen LogP contribution is -1.89. The molecule has 0 aliphatic rings. The molecule has 1 rings (SSSR count). The van der Waals surface area contributed by atoms with Crippen LogP contribution in [0.4, 0.5) is 0 Å². The van der Waals surface area contributed by atoms with Crippen LogP contribution >= 0.6 is 0 Å². The molecule has 0 spiro atoms. The van der Waals surface area contributed by atoms with Gasteiger partial charge in [-0.1, -0.05) is 37.5 Å². The molecule has 1 aromatic rings. The molecule has 84 valence electrons. The fraction of sp³-hybridized carbons (Fsp3) is 0.333. The van der Waals surface area contributed by atoms with Crippen molar-refractivity contribution in [3.05, 3.63) is 47.7 Å². The summed E-state index contributed by atoms with van der Waals surface area (Å²) in [6.45, 7) is 4.79. The third-order valence-electron chi connectivity index (χ3n) is 2.02. The summed E-state index contributed by atoms with van der Waals surface area (Å²) in [7, 11) is 0. The molecule has 0 unspecified atom stereocenters. The Hall–Kier alpha value is -1.68. The van der Waals surface area contributed by atoms with Gasteiger partial charge in [-0.25, -0.2) is 0 Å². The first kappa shape index (κ1) is 12.4. The summed E-state index contributed by atoms with van der Waals surface area (Å²) < 4.78 is 5.45. The summed E-state index contributed by atoms with van der Waals surface area (Å²) in [4.78, 5) is 0. The molecule has 0 bridgehead atoms. The van der Waals surface area contributed by atoms with Crippen LogP contribution in [0.3, 0.4) is 0 Å². The Kier molecular flexibility index (Phi) is 5.88. The molecule has 0 atom stereocenters. The van der Waals surface area contributed by atoms with Gasteiger partial charge in [0, 0.05) is 5.56 Å². The molecule has 0 aliphatic heterocycles. The average molecular weight is 214 g/mol. The van der Waals surface area contributed by atoms with Crippen molar-refractivity contribution in [2.24, 2.45) is 0 Å². The summed E-state index contributed by atoms with van der Waals surface area (Å²) in [5.74, 6) is 6.94. The Morgan fingerprint density at radius 3 is 2.62 bits per heavy atom. The minimum atomic E-state index is 0.666. The zero-order valence-electron chi connectivity index (χ0n) is 9.99. The minimum absolute atomic E-state index is 0.666. The molecular weight excluding hydrogens is 196 g/mol. The van der Waals surface area contributed by atoms with Gasteiger partial charge in [0.2, 0.25) is 0 Å². The number of hydrogen-bond donors (Lipinski definition) is 0. The molecule has 0 N–H and O–H groups in total. The van der Waals surface area contributed by atoms with E-state index in [0.29, 0.717) is 6.61 Å². The lowest BCUT2D eigenvalue weighted by atomic mass is 10.2. The zero-order valence-corrected chi connectivity index (χ0v) is 9.99. The summed E-state index contributed by atoms with van der Waals surface area (Å²) in [6, 6.07) is 9.95. The third kappa shape index (κ3) is 4.70. The highest BCUT2D eigenvalue weighted by Gasteiger charge is 1.90. The second-order valence-corrected chi connectivity index (χ2v) is 3.41. The Balaban J connectivity index is 2.72. The quantitative estimate of drug-likeness (QED) is 0.547. The Bertz CT molecular complexity index is 379. The van der Waals surface area contributed by atoms with Crippen molar-refractivity contribution in [1.29, 1.82) is 0 Å².